The van der Waals surface area contributed by atoms with Gasteiger partial charge in [0, 0.05) is 10.0 Å². The van der Waals surface area contributed by atoms with Gasteiger partial charge in [-0.25, -0.2) is 4.79 Å². The molecule has 15 heavy (non-hydrogen) atoms. The Hall–Kier alpha value is -0.360. The Morgan fingerprint density at radius 3 is 2.40 bits per heavy atom. The van der Waals surface area contributed by atoms with Crippen LogP contribution in [0.3, 0.4) is 0 Å². The van der Waals surface area contributed by atoms with E-state index in [-0.39, 0.29) is 40.7 Å². The maximum absolute atomic E-state index is 11.1. The maximum Gasteiger partial charge on any atom is 1.00 e. The monoisotopic (exact) mass is 280 g/mol. The van der Waals surface area contributed by atoms with Crippen LogP contribution in [-0.4, -0.2) is 19.0 Å². The molecule has 6 heteroatoms. The van der Waals surface area contributed by atoms with Crippen LogP contribution in [0.25, 0.3) is 0 Å². The summed E-state index contributed by atoms with van der Waals surface area (Å²) >= 11 is 3.09. The molecule has 0 bridgehead atoms. The molecule has 0 radical (unpaired) electrons. The summed E-state index contributed by atoms with van der Waals surface area (Å²) in [7, 11) is 1.18. The zero-order valence-corrected chi connectivity index (χ0v) is 11.8. The van der Waals surface area contributed by atoms with Gasteiger partial charge in [0.25, 0.3) is 0 Å². The molecule has 1 aromatic rings. The van der Waals surface area contributed by atoms with Gasteiger partial charge in [0.1, 0.15) is 0 Å². The van der Waals surface area contributed by atoms with Crippen LogP contribution < -0.4 is 34.7 Å². The number of hydrogen-bond acceptors (Lipinski definition) is 4. The minimum absolute atomic E-state index is 0. The molecular weight excluding hydrogens is 275 g/mol. The van der Waals surface area contributed by atoms with Crippen molar-refractivity contribution in [1.82, 2.24) is 0 Å². The molecule has 1 aromatic carbocycles. The van der Waals surface area contributed by atoms with Gasteiger partial charge < -0.3 is 14.6 Å². The summed E-state index contributed by atoms with van der Waals surface area (Å²) in [6.45, 7) is 0. The van der Waals surface area contributed by atoms with Gasteiger partial charge in [-0.15, -0.1) is 0 Å². The van der Waals surface area contributed by atoms with Crippen molar-refractivity contribution < 1.29 is 49.0 Å². The van der Waals surface area contributed by atoms with E-state index in [9.17, 15) is 14.7 Å². The van der Waals surface area contributed by atoms with Gasteiger partial charge in [-0.1, -0.05) is 15.9 Å². The van der Waals surface area contributed by atoms with E-state index in [1.165, 1.54) is 19.2 Å². The van der Waals surface area contributed by atoms with Crippen molar-refractivity contribution in [3.05, 3.63) is 33.8 Å². The first-order chi connectivity index (χ1) is 6.56. The van der Waals surface area contributed by atoms with E-state index < -0.39 is 11.9 Å². The molecule has 0 N–H and O–H groups in total. The number of carbonyl (C=O) groups excluding carboxylic acids is 2. The molecule has 0 atom stereocenters. The van der Waals surface area contributed by atoms with Gasteiger partial charge in [-0.2, -0.15) is 0 Å². The topological polar surface area (TPSA) is 66.4 Å². The molecule has 0 heterocycles. The quantitative estimate of drug-likeness (QED) is 0.448. The van der Waals surface area contributed by atoms with E-state index in [0.29, 0.717) is 4.47 Å². The molecule has 0 spiro atoms. The Morgan fingerprint density at radius 1 is 1.33 bits per heavy atom. The van der Waals surface area contributed by atoms with Gasteiger partial charge >= 0.3 is 35.5 Å². The first-order valence-corrected chi connectivity index (χ1v) is 4.44. The molecule has 1 rings (SSSR count). The van der Waals surface area contributed by atoms with Gasteiger partial charge in [0.2, 0.25) is 0 Å². The van der Waals surface area contributed by atoms with Crippen molar-refractivity contribution in [2.45, 2.75) is 0 Å². The molecule has 0 amide bonds. The van der Waals surface area contributed by atoms with Crippen molar-refractivity contribution in [3.8, 4) is 0 Å². The molecule has 0 aromatic heterocycles. The fourth-order valence-electron chi connectivity index (χ4n) is 0.973. The van der Waals surface area contributed by atoms with Gasteiger partial charge in [-0.05, 0) is 18.2 Å². The number of esters is 1. The van der Waals surface area contributed by atoms with E-state index in [1.807, 2.05) is 0 Å². The molecule has 0 aliphatic rings. The summed E-state index contributed by atoms with van der Waals surface area (Å²) in [4.78, 5) is 21.8. The smallest absolute Gasteiger partial charge is 0.545 e. The van der Waals surface area contributed by atoms with Crippen LogP contribution in [0.5, 0.6) is 0 Å². The zero-order chi connectivity index (χ0) is 10.7. The van der Waals surface area contributed by atoms with Crippen LogP contribution in [-0.2, 0) is 4.74 Å². The molecule has 0 saturated carbocycles. The van der Waals surface area contributed by atoms with E-state index in [1.54, 1.807) is 6.07 Å². The summed E-state index contributed by atoms with van der Waals surface area (Å²) in [5, 5.41) is 10.7. The number of rotatable bonds is 2. The van der Waals surface area contributed by atoms with Crippen LogP contribution >= 0.6 is 15.9 Å². The Balaban J connectivity index is 0.00000196. The second kappa shape index (κ2) is 6.27. The third kappa shape index (κ3) is 3.61. The van der Waals surface area contributed by atoms with Crippen LogP contribution in [0, 0.1) is 0 Å². The fourth-order valence-corrected chi connectivity index (χ4v) is 1.33. The fraction of sp³-hybridized carbons (Fsp3) is 0.111. The van der Waals surface area contributed by atoms with Crippen molar-refractivity contribution in [2.24, 2.45) is 0 Å². The number of aromatic carboxylic acids is 1. The first kappa shape index (κ1) is 14.6. The molecule has 0 unspecified atom stereocenters. The number of carboxylic acid groups (broad SMARTS) is 1. The van der Waals surface area contributed by atoms with Crippen molar-refractivity contribution in [1.29, 1.82) is 0 Å². The summed E-state index contributed by atoms with van der Waals surface area (Å²) in [6, 6.07) is 4.21. The molecule has 4 nitrogen and oxygen atoms in total. The van der Waals surface area contributed by atoms with E-state index >= 15 is 0 Å². The number of methoxy groups -OCH3 is 1. The maximum atomic E-state index is 11.1. The van der Waals surface area contributed by atoms with Crippen molar-refractivity contribution in [2.75, 3.05) is 7.11 Å². The Kier molecular flexibility index (Phi) is 6.12. The number of halogens is 1. The minimum atomic E-state index is -1.41. The van der Waals surface area contributed by atoms with E-state index in [0.717, 1.165) is 0 Å². The van der Waals surface area contributed by atoms with E-state index in [2.05, 4.69) is 20.7 Å². The van der Waals surface area contributed by atoms with Crippen LogP contribution in [0.15, 0.2) is 22.7 Å². The normalized spacial score (nSPS) is 8.93. The Labute approximate surface area is 117 Å². The van der Waals surface area contributed by atoms with Crippen LogP contribution in [0.2, 0.25) is 0 Å². The molecular formula is C9H6BrNaO4. The first-order valence-electron chi connectivity index (χ1n) is 3.65. The third-order valence-electron chi connectivity index (χ3n) is 1.61. The SMILES string of the molecule is COC(=O)c1ccc(Br)cc1C(=O)[O-].[Na+]. The van der Waals surface area contributed by atoms with Crippen LogP contribution in [0.1, 0.15) is 20.7 Å². The van der Waals surface area contributed by atoms with Crippen molar-refractivity contribution >= 4 is 27.9 Å². The molecule has 0 aliphatic carbocycles. The van der Waals surface area contributed by atoms with Gasteiger partial charge in [0.15, 0.2) is 0 Å². The average Bonchev–Trinajstić information content (AvgIpc) is 2.16. The number of ether oxygens (including phenoxy) is 1. The second-order valence-corrected chi connectivity index (χ2v) is 3.38. The van der Waals surface area contributed by atoms with Crippen molar-refractivity contribution in [3.63, 3.8) is 0 Å². The summed E-state index contributed by atoms with van der Waals surface area (Å²) in [6.07, 6.45) is 0. The summed E-state index contributed by atoms with van der Waals surface area (Å²) in [5.74, 6) is -2.11. The number of carbonyl (C=O) groups is 2. The van der Waals surface area contributed by atoms with E-state index in [4.69, 9.17) is 0 Å². The van der Waals surface area contributed by atoms with Gasteiger partial charge in [-0.3, -0.25) is 0 Å². The Bertz CT molecular complexity index is 392. The summed E-state index contributed by atoms with van der Waals surface area (Å²) in [5.41, 5.74) is -0.207. The Morgan fingerprint density at radius 2 is 1.93 bits per heavy atom. The minimum Gasteiger partial charge on any atom is -0.545 e. The summed E-state index contributed by atoms with van der Waals surface area (Å²) < 4.78 is 4.98. The predicted molar refractivity (Wildman–Crippen MR) is 49.8 cm³/mol. The molecule has 0 fully saturated rings. The predicted octanol–water partition coefficient (Wildman–Crippen LogP) is -2.40. The standard InChI is InChI=1S/C9H7BrO4.Na/c1-14-9(13)6-3-2-5(10)4-7(6)8(11)12;/h2-4H,1H3,(H,11,12);/q;+1/p-1. The van der Waals surface area contributed by atoms with Gasteiger partial charge in [0.05, 0.1) is 18.6 Å². The number of hydrogen-bond donors (Lipinski definition) is 0. The number of carboxylic acids is 1. The molecule has 0 aliphatic heterocycles. The second-order valence-electron chi connectivity index (χ2n) is 2.47. The third-order valence-corrected chi connectivity index (χ3v) is 2.10. The molecule has 0 saturated heterocycles. The largest absolute Gasteiger partial charge is 1.00 e. The number of benzene rings is 1. The zero-order valence-electron chi connectivity index (χ0n) is 8.24. The average molecular weight is 281 g/mol. The van der Waals surface area contributed by atoms with Crippen LogP contribution in [0.4, 0.5) is 0 Å². The molecule has 74 valence electrons.